The van der Waals surface area contributed by atoms with Crippen molar-refractivity contribution in [2.24, 2.45) is 7.05 Å². The van der Waals surface area contributed by atoms with Crippen molar-refractivity contribution in [3.63, 3.8) is 0 Å². The van der Waals surface area contributed by atoms with E-state index in [1.54, 1.807) is 10.9 Å². The Morgan fingerprint density at radius 3 is 1.57 bits per heavy atom. The molecule has 3 rings (SSSR count). The van der Waals surface area contributed by atoms with E-state index in [1.165, 1.54) is 83.4 Å². The SMILES string of the molecule is CCCCCCCCn1cc[n+](C)c1.CCCC[B-](CCCC)(c1ccccc1)c1ccccc1. The molecule has 0 aliphatic rings. The van der Waals surface area contributed by atoms with E-state index in [2.05, 4.69) is 116 Å². The minimum Gasteiger partial charge on any atom is -0.240 e. The fraction of sp³-hybridized carbons (Fsp3) is 0.531. The first-order valence-electron chi connectivity index (χ1n) is 14.5. The van der Waals surface area contributed by atoms with Gasteiger partial charge in [0, 0.05) is 0 Å². The van der Waals surface area contributed by atoms with Crippen LogP contribution in [0, 0.1) is 0 Å². The molecular weight excluding hydrogens is 423 g/mol. The quantitative estimate of drug-likeness (QED) is 0.122. The second-order valence-corrected chi connectivity index (χ2v) is 10.4. The van der Waals surface area contributed by atoms with Crippen LogP contribution in [-0.4, -0.2) is 10.7 Å². The third-order valence-corrected chi connectivity index (χ3v) is 7.57. The van der Waals surface area contributed by atoms with Crippen molar-refractivity contribution in [1.82, 2.24) is 4.57 Å². The number of hydrogen-bond acceptors (Lipinski definition) is 0. The molecule has 0 aliphatic heterocycles. The van der Waals surface area contributed by atoms with Crippen LogP contribution >= 0.6 is 0 Å². The molecule has 0 atom stereocenters. The summed E-state index contributed by atoms with van der Waals surface area (Å²) in [6.07, 6.45) is 21.8. The molecule has 2 aromatic carbocycles. The second kappa shape index (κ2) is 17.2. The number of hydrogen-bond donors (Lipinski definition) is 0. The Balaban J connectivity index is 0.000000269. The molecule has 0 saturated heterocycles. The third-order valence-electron chi connectivity index (χ3n) is 7.57. The highest BCUT2D eigenvalue weighted by Gasteiger charge is 2.26. The van der Waals surface area contributed by atoms with Gasteiger partial charge in [-0.3, -0.25) is 0 Å². The van der Waals surface area contributed by atoms with E-state index in [4.69, 9.17) is 0 Å². The highest BCUT2D eigenvalue weighted by molar-refractivity contribution is 7.02. The van der Waals surface area contributed by atoms with Gasteiger partial charge < -0.3 is 0 Å². The zero-order valence-corrected chi connectivity index (χ0v) is 23.2. The average molecular weight is 475 g/mol. The number of rotatable bonds is 15. The van der Waals surface area contributed by atoms with Crippen LogP contribution in [-0.2, 0) is 13.6 Å². The number of nitrogens with zero attached hydrogens (tertiary/aromatic N) is 2. The molecule has 0 fully saturated rings. The second-order valence-electron chi connectivity index (χ2n) is 10.4. The van der Waals surface area contributed by atoms with Gasteiger partial charge in [-0.15, -0.1) is 0 Å². The van der Waals surface area contributed by atoms with Crippen molar-refractivity contribution in [3.05, 3.63) is 79.4 Å². The van der Waals surface area contributed by atoms with Gasteiger partial charge in [0.25, 0.3) is 0 Å². The van der Waals surface area contributed by atoms with Gasteiger partial charge in [-0.25, -0.2) is 20.1 Å². The summed E-state index contributed by atoms with van der Waals surface area (Å²) in [5.41, 5.74) is 3.09. The predicted octanol–water partition coefficient (Wildman–Crippen LogP) is 7.52. The van der Waals surface area contributed by atoms with Gasteiger partial charge in [0.2, 0.25) is 6.33 Å². The number of aryl methyl sites for hydroxylation is 2. The Bertz CT molecular complexity index is 839. The molecule has 0 spiro atoms. The molecular formula is C32H51BN2. The van der Waals surface area contributed by atoms with E-state index in [0.717, 1.165) is 0 Å². The molecule has 0 bridgehead atoms. The van der Waals surface area contributed by atoms with Gasteiger partial charge in [-0.05, 0) is 12.8 Å². The maximum absolute atomic E-state index is 2.35. The topological polar surface area (TPSA) is 8.81 Å². The van der Waals surface area contributed by atoms with Gasteiger partial charge in [0.15, 0.2) is 0 Å². The number of aromatic nitrogens is 2. The standard InChI is InChI=1S/C20H28B.C12H23N2/c1-3-5-17-21(18-6-4-2,19-13-9-7-10-14-19)20-15-11-8-12-16-20;1-3-4-5-6-7-8-9-14-11-10-13(2)12-14/h7-16H,3-6,17-18H2,1-2H3;10-12H,3-9H2,1-2H3/q-1;+1. The summed E-state index contributed by atoms with van der Waals surface area (Å²) in [5.74, 6) is 0. The first-order valence-corrected chi connectivity index (χ1v) is 14.5. The fourth-order valence-corrected chi connectivity index (χ4v) is 5.46. The highest BCUT2D eigenvalue weighted by Crippen LogP contribution is 2.22. The Labute approximate surface area is 216 Å². The average Bonchev–Trinajstić information content (AvgIpc) is 3.33. The first-order chi connectivity index (χ1) is 17.2. The van der Waals surface area contributed by atoms with Crippen LogP contribution < -0.4 is 15.5 Å². The molecule has 1 heterocycles. The molecule has 0 aliphatic carbocycles. The van der Waals surface area contributed by atoms with Crippen LogP contribution in [0.5, 0.6) is 0 Å². The van der Waals surface area contributed by atoms with Crippen molar-refractivity contribution in [1.29, 1.82) is 0 Å². The molecule has 3 heteroatoms. The Hall–Kier alpha value is -2.29. The maximum atomic E-state index is 2.35. The van der Waals surface area contributed by atoms with E-state index < -0.39 is 6.15 Å². The molecule has 0 saturated carbocycles. The van der Waals surface area contributed by atoms with Gasteiger partial charge in [-0.1, -0.05) is 133 Å². The van der Waals surface area contributed by atoms with Gasteiger partial charge in [0.1, 0.15) is 12.4 Å². The van der Waals surface area contributed by atoms with Crippen LogP contribution in [0.25, 0.3) is 0 Å². The third kappa shape index (κ3) is 10.1. The molecule has 0 amide bonds. The van der Waals surface area contributed by atoms with Gasteiger partial charge in [-0.2, -0.15) is 12.6 Å². The highest BCUT2D eigenvalue weighted by atomic mass is 15.1. The van der Waals surface area contributed by atoms with Crippen molar-refractivity contribution in [2.75, 3.05) is 0 Å². The van der Waals surface area contributed by atoms with Gasteiger partial charge >= 0.3 is 0 Å². The van der Waals surface area contributed by atoms with Crippen LogP contribution in [0.2, 0.25) is 12.6 Å². The lowest BCUT2D eigenvalue weighted by molar-refractivity contribution is -0.671. The van der Waals surface area contributed by atoms with Crippen LogP contribution in [0.4, 0.5) is 0 Å². The Kier molecular flexibility index (Phi) is 14.2. The van der Waals surface area contributed by atoms with E-state index in [0.29, 0.717) is 0 Å². The monoisotopic (exact) mass is 474 g/mol. The fourth-order valence-electron chi connectivity index (χ4n) is 5.46. The molecule has 2 nitrogen and oxygen atoms in total. The zero-order valence-electron chi connectivity index (χ0n) is 23.2. The number of unbranched alkanes of at least 4 members (excludes halogenated alkanes) is 7. The van der Waals surface area contributed by atoms with E-state index in [9.17, 15) is 0 Å². The molecule has 0 radical (unpaired) electrons. The Morgan fingerprint density at radius 1 is 0.629 bits per heavy atom. The minimum atomic E-state index is -0.611. The van der Waals surface area contributed by atoms with Crippen molar-refractivity contribution in [3.8, 4) is 0 Å². The molecule has 3 aromatic rings. The van der Waals surface area contributed by atoms with Crippen LogP contribution in [0.1, 0.15) is 85.0 Å². The molecule has 35 heavy (non-hydrogen) atoms. The van der Waals surface area contributed by atoms with Gasteiger partial charge in [0.05, 0.1) is 19.7 Å². The number of benzene rings is 2. The normalized spacial score (nSPS) is 11.2. The van der Waals surface area contributed by atoms with Crippen molar-refractivity contribution < 1.29 is 4.57 Å². The van der Waals surface area contributed by atoms with E-state index >= 15 is 0 Å². The summed E-state index contributed by atoms with van der Waals surface area (Å²) in [6, 6.07) is 22.5. The predicted molar refractivity (Wildman–Crippen MR) is 156 cm³/mol. The summed E-state index contributed by atoms with van der Waals surface area (Å²) in [4.78, 5) is 0. The summed E-state index contributed by atoms with van der Waals surface area (Å²) in [7, 11) is 2.07. The van der Waals surface area contributed by atoms with E-state index in [1.807, 2.05) is 0 Å². The van der Waals surface area contributed by atoms with Crippen molar-refractivity contribution >= 4 is 17.1 Å². The first kappa shape index (κ1) is 28.9. The van der Waals surface area contributed by atoms with E-state index in [-0.39, 0.29) is 0 Å². The minimum absolute atomic E-state index is 0.611. The molecule has 0 unspecified atom stereocenters. The van der Waals surface area contributed by atoms with Crippen LogP contribution in [0.15, 0.2) is 79.4 Å². The Morgan fingerprint density at radius 2 is 1.11 bits per heavy atom. The summed E-state index contributed by atoms with van der Waals surface area (Å²) >= 11 is 0. The smallest absolute Gasteiger partial charge is 0.240 e. The summed E-state index contributed by atoms with van der Waals surface area (Å²) in [5, 5.41) is 0. The molecule has 0 N–H and O–H groups in total. The lowest BCUT2D eigenvalue weighted by Gasteiger charge is -2.42. The molecule has 192 valence electrons. The number of imidazole rings is 1. The summed E-state index contributed by atoms with van der Waals surface area (Å²) in [6.45, 7) is 8.04. The zero-order chi connectivity index (χ0) is 25.2. The largest absolute Gasteiger partial charge is 0.243 e. The van der Waals surface area contributed by atoms with Crippen LogP contribution in [0.3, 0.4) is 0 Å². The lowest BCUT2D eigenvalue weighted by Crippen LogP contribution is -2.58. The van der Waals surface area contributed by atoms with Crippen molar-refractivity contribution in [2.45, 2.75) is 104 Å². The molecule has 1 aromatic heterocycles. The summed E-state index contributed by atoms with van der Waals surface area (Å²) < 4.78 is 4.36. The maximum Gasteiger partial charge on any atom is 0.243 e. The lowest BCUT2D eigenvalue weighted by atomic mass is 9.15.